The Hall–Kier alpha value is -2.98. The first kappa shape index (κ1) is 20.3. The summed E-state index contributed by atoms with van der Waals surface area (Å²) in [7, 11) is 0. The fraction of sp³-hybridized carbons (Fsp3) is 0.308. The fourth-order valence-corrected chi connectivity index (χ4v) is 4.16. The number of carbonyl (C=O) groups excluding carboxylic acids is 1. The van der Waals surface area contributed by atoms with Crippen molar-refractivity contribution in [3.05, 3.63) is 95.3 Å². The number of amides is 1. The van der Waals surface area contributed by atoms with Crippen molar-refractivity contribution in [2.45, 2.75) is 39.3 Å². The van der Waals surface area contributed by atoms with E-state index in [1.165, 1.54) is 5.56 Å². The van der Waals surface area contributed by atoms with Gasteiger partial charge in [0.05, 0.1) is 5.69 Å². The second kappa shape index (κ2) is 9.23. The van der Waals surface area contributed by atoms with Crippen LogP contribution in [0.3, 0.4) is 0 Å². The highest BCUT2D eigenvalue weighted by atomic mass is 16.2. The molecule has 1 aliphatic rings. The molecular weight excluding hydrogens is 370 g/mol. The number of aryl methyl sites for hydroxylation is 2. The van der Waals surface area contributed by atoms with Gasteiger partial charge in [-0.15, -0.1) is 0 Å². The Balaban J connectivity index is 1.53. The second-order valence-corrected chi connectivity index (χ2v) is 8.21. The lowest BCUT2D eigenvalue weighted by Crippen LogP contribution is -2.47. The maximum Gasteiger partial charge on any atom is 0.258 e. The van der Waals surface area contributed by atoms with Gasteiger partial charge in [0.25, 0.3) is 5.91 Å². The number of hydrogen-bond donors (Lipinski definition) is 0. The maximum absolute atomic E-state index is 13.5. The maximum atomic E-state index is 13.5. The van der Waals surface area contributed by atoms with Crippen LogP contribution < -0.4 is 4.90 Å². The third-order valence-corrected chi connectivity index (χ3v) is 5.83. The van der Waals surface area contributed by atoms with E-state index in [-0.39, 0.29) is 11.9 Å². The van der Waals surface area contributed by atoms with Crippen molar-refractivity contribution < 1.29 is 4.79 Å². The molecule has 1 fully saturated rings. The summed E-state index contributed by atoms with van der Waals surface area (Å²) < 4.78 is 0. The number of carbonyl (C=O) groups is 1. The number of anilines is 1. The standard InChI is InChI=1S/C26H29N3O/c1-20-9-11-22(12-10-20)26(30)29(25-8-5-6-21(2)18-25)24-13-16-28(17-14-24)19-23-7-3-4-15-27-23/h3-12,15,18,24H,13-14,16-17,19H2,1-2H3. The van der Waals surface area contributed by atoms with Crippen LogP contribution in [0.4, 0.5) is 5.69 Å². The third-order valence-electron chi connectivity index (χ3n) is 5.83. The molecule has 154 valence electrons. The van der Waals surface area contributed by atoms with Gasteiger partial charge in [0.15, 0.2) is 0 Å². The summed E-state index contributed by atoms with van der Waals surface area (Å²) in [6.07, 6.45) is 3.76. The number of rotatable bonds is 5. The zero-order valence-corrected chi connectivity index (χ0v) is 17.8. The Labute approximate surface area is 179 Å². The van der Waals surface area contributed by atoms with E-state index in [1.54, 1.807) is 0 Å². The highest BCUT2D eigenvalue weighted by molar-refractivity contribution is 6.06. The number of likely N-dealkylation sites (tertiary alicyclic amines) is 1. The minimum atomic E-state index is 0.0868. The lowest BCUT2D eigenvalue weighted by Gasteiger charge is -2.38. The molecular formula is C26H29N3O. The summed E-state index contributed by atoms with van der Waals surface area (Å²) in [4.78, 5) is 22.5. The minimum Gasteiger partial charge on any atom is -0.305 e. The van der Waals surface area contributed by atoms with Gasteiger partial charge >= 0.3 is 0 Å². The van der Waals surface area contributed by atoms with Crippen molar-refractivity contribution in [1.29, 1.82) is 0 Å². The lowest BCUT2D eigenvalue weighted by atomic mass is 10.00. The van der Waals surface area contributed by atoms with Gasteiger partial charge < -0.3 is 4.90 Å². The molecule has 0 aliphatic carbocycles. The predicted octanol–water partition coefficient (Wildman–Crippen LogP) is 5.01. The van der Waals surface area contributed by atoms with Crippen molar-refractivity contribution in [1.82, 2.24) is 9.88 Å². The molecule has 0 spiro atoms. The van der Waals surface area contributed by atoms with Gasteiger partial charge in [0.2, 0.25) is 0 Å². The molecule has 4 rings (SSSR count). The Bertz CT molecular complexity index is 977. The molecule has 0 bridgehead atoms. The van der Waals surface area contributed by atoms with Crippen LogP contribution in [0.25, 0.3) is 0 Å². The van der Waals surface area contributed by atoms with E-state index in [0.29, 0.717) is 0 Å². The van der Waals surface area contributed by atoms with Crippen molar-refractivity contribution in [3.63, 3.8) is 0 Å². The van der Waals surface area contributed by atoms with Crippen molar-refractivity contribution in [2.75, 3.05) is 18.0 Å². The zero-order chi connectivity index (χ0) is 20.9. The Morgan fingerprint density at radius 3 is 2.40 bits per heavy atom. The Morgan fingerprint density at radius 1 is 0.967 bits per heavy atom. The molecule has 4 heteroatoms. The summed E-state index contributed by atoms with van der Waals surface area (Å²) in [5.41, 5.74) is 5.17. The van der Waals surface area contributed by atoms with Crippen LogP contribution in [0.5, 0.6) is 0 Å². The van der Waals surface area contributed by atoms with E-state index in [9.17, 15) is 4.79 Å². The molecule has 1 aliphatic heterocycles. The largest absolute Gasteiger partial charge is 0.305 e. The van der Waals surface area contributed by atoms with Gasteiger partial charge in [-0.3, -0.25) is 14.7 Å². The van der Waals surface area contributed by atoms with E-state index in [2.05, 4.69) is 41.1 Å². The molecule has 2 heterocycles. The summed E-state index contributed by atoms with van der Waals surface area (Å²) >= 11 is 0. The van der Waals surface area contributed by atoms with E-state index in [0.717, 1.165) is 55.0 Å². The second-order valence-electron chi connectivity index (χ2n) is 8.21. The molecule has 1 saturated heterocycles. The van der Waals surface area contributed by atoms with Gasteiger partial charge in [0.1, 0.15) is 0 Å². The summed E-state index contributed by atoms with van der Waals surface area (Å²) in [6, 6.07) is 22.4. The average molecular weight is 400 g/mol. The van der Waals surface area contributed by atoms with Gasteiger partial charge in [-0.25, -0.2) is 0 Å². The predicted molar refractivity (Wildman–Crippen MR) is 122 cm³/mol. The Morgan fingerprint density at radius 2 is 1.73 bits per heavy atom. The van der Waals surface area contributed by atoms with Crippen LogP contribution in [0.1, 0.15) is 40.0 Å². The molecule has 1 aromatic heterocycles. The van der Waals surface area contributed by atoms with E-state index < -0.39 is 0 Å². The lowest BCUT2D eigenvalue weighted by molar-refractivity contribution is 0.0958. The molecule has 3 aromatic rings. The van der Waals surface area contributed by atoms with Crippen LogP contribution >= 0.6 is 0 Å². The van der Waals surface area contributed by atoms with E-state index in [1.807, 2.05) is 60.5 Å². The molecule has 30 heavy (non-hydrogen) atoms. The number of pyridine rings is 1. The quantitative estimate of drug-likeness (QED) is 0.605. The van der Waals surface area contributed by atoms with Gasteiger partial charge in [-0.1, -0.05) is 35.9 Å². The fourth-order valence-electron chi connectivity index (χ4n) is 4.16. The molecule has 2 aromatic carbocycles. The van der Waals surface area contributed by atoms with Crippen LogP contribution in [-0.4, -0.2) is 34.9 Å². The number of piperidine rings is 1. The van der Waals surface area contributed by atoms with Crippen molar-refractivity contribution in [2.24, 2.45) is 0 Å². The number of aromatic nitrogens is 1. The topological polar surface area (TPSA) is 36.4 Å². The summed E-state index contributed by atoms with van der Waals surface area (Å²) in [5, 5.41) is 0. The first-order valence-corrected chi connectivity index (χ1v) is 10.7. The smallest absolute Gasteiger partial charge is 0.258 e. The zero-order valence-electron chi connectivity index (χ0n) is 17.8. The van der Waals surface area contributed by atoms with Crippen LogP contribution in [-0.2, 0) is 6.54 Å². The van der Waals surface area contributed by atoms with Crippen molar-refractivity contribution in [3.8, 4) is 0 Å². The minimum absolute atomic E-state index is 0.0868. The van der Waals surface area contributed by atoms with Gasteiger partial charge in [-0.2, -0.15) is 0 Å². The number of nitrogens with zero attached hydrogens (tertiary/aromatic N) is 3. The van der Waals surface area contributed by atoms with E-state index >= 15 is 0 Å². The molecule has 0 N–H and O–H groups in total. The monoisotopic (exact) mass is 399 g/mol. The molecule has 4 nitrogen and oxygen atoms in total. The highest BCUT2D eigenvalue weighted by Crippen LogP contribution is 2.27. The van der Waals surface area contributed by atoms with Gasteiger partial charge in [0, 0.05) is 43.1 Å². The molecule has 0 atom stereocenters. The SMILES string of the molecule is Cc1ccc(C(=O)N(c2cccc(C)c2)C2CCN(Cc3ccccn3)CC2)cc1. The molecule has 1 amide bonds. The first-order valence-electron chi connectivity index (χ1n) is 10.7. The summed E-state index contributed by atoms with van der Waals surface area (Å²) in [6.45, 7) is 6.91. The summed E-state index contributed by atoms with van der Waals surface area (Å²) in [5.74, 6) is 0.0868. The first-order chi connectivity index (χ1) is 14.6. The highest BCUT2D eigenvalue weighted by Gasteiger charge is 2.30. The molecule has 0 saturated carbocycles. The van der Waals surface area contributed by atoms with Gasteiger partial charge in [-0.05, 0) is 68.7 Å². The van der Waals surface area contributed by atoms with E-state index in [4.69, 9.17) is 0 Å². The molecule has 0 unspecified atom stereocenters. The van der Waals surface area contributed by atoms with Crippen molar-refractivity contribution >= 4 is 11.6 Å². The molecule has 0 radical (unpaired) electrons. The Kier molecular flexibility index (Phi) is 6.24. The number of benzene rings is 2. The van der Waals surface area contributed by atoms with Crippen LogP contribution in [0.15, 0.2) is 72.9 Å². The third kappa shape index (κ3) is 4.77. The van der Waals surface area contributed by atoms with Crippen LogP contribution in [0, 0.1) is 13.8 Å². The average Bonchev–Trinajstić information content (AvgIpc) is 2.76. The normalized spacial score (nSPS) is 15.1. The number of hydrogen-bond acceptors (Lipinski definition) is 3. The van der Waals surface area contributed by atoms with Crippen LogP contribution in [0.2, 0.25) is 0 Å².